The number of rotatable bonds is 6. The summed E-state index contributed by atoms with van der Waals surface area (Å²) in [4.78, 5) is 10.4. The van der Waals surface area contributed by atoms with Crippen molar-refractivity contribution in [1.82, 2.24) is 29.3 Å². The molecule has 0 saturated carbocycles. The maximum atomic E-state index is 5.21. The lowest BCUT2D eigenvalue weighted by Gasteiger charge is -2.11. The zero-order chi connectivity index (χ0) is 36.3. The molecular weight excluding hydrogens is 693 g/mol. The van der Waals surface area contributed by atoms with E-state index in [0.717, 1.165) is 76.7 Å². The standard InChI is InChI=1S/C48H30N6S/c1-4-15-31(16-5-1)39-30-40(32-17-6-2-7-18-32)50-48(49-39)54-42-25-13-11-22-37(42)45-38(23-14-26-43(45)54)47-52-51-46(55-47)33-27-28-36-35-21-10-12-24-41(35)53(44(36)29-33)34-19-8-3-9-20-34/h1-30H. The van der Waals surface area contributed by atoms with E-state index < -0.39 is 0 Å². The van der Waals surface area contributed by atoms with E-state index in [0.29, 0.717) is 5.95 Å². The third-order valence-electron chi connectivity index (χ3n) is 10.3. The Morgan fingerprint density at radius 2 is 0.945 bits per heavy atom. The molecule has 0 N–H and O–H groups in total. The second-order valence-electron chi connectivity index (χ2n) is 13.6. The van der Waals surface area contributed by atoms with Crippen molar-refractivity contribution in [1.29, 1.82) is 0 Å². The Labute approximate surface area is 320 Å². The topological polar surface area (TPSA) is 61.4 Å². The fourth-order valence-corrected chi connectivity index (χ4v) is 8.74. The summed E-state index contributed by atoms with van der Waals surface area (Å²) < 4.78 is 4.52. The van der Waals surface area contributed by atoms with Crippen LogP contribution in [0, 0.1) is 0 Å². The Morgan fingerprint density at radius 3 is 1.65 bits per heavy atom. The normalized spacial score (nSPS) is 11.6. The highest BCUT2D eigenvalue weighted by atomic mass is 32.1. The molecule has 7 heteroatoms. The molecule has 0 unspecified atom stereocenters. The van der Waals surface area contributed by atoms with Gasteiger partial charge in [0.15, 0.2) is 0 Å². The van der Waals surface area contributed by atoms with Gasteiger partial charge in [-0.1, -0.05) is 151 Å². The summed E-state index contributed by atoms with van der Waals surface area (Å²) in [6.45, 7) is 0. The van der Waals surface area contributed by atoms with Gasteiger partial charge in [0.2, 0.25) is 5.95 Å². The SMILES string of the molecule is c1ccc(-c2cc(-c3ccccc3)nc(-n3c4ccccc4c4c(-c5nnc(-c6ccc7c8ccccc8n(-c8ccccc8)c7c6)s5)cccc43)n2)cc1. The maximum absolute atomic E-state index is 5.21. The number of nitrogens with zero attached hydrogens (tertiary/aromatic N) is 6. The van der Waals surface area contributed by atoms with E-state index in [1.807, 2.05) is 36.4 Å². The van der Waals surface area contributed by atoms with E-state index in [1.165, 1.54) is 16.3 Å². The number of hydrogen-bond donors (Lipinski definition) is 0. The van der Waals surface area contributed by atoms with E-state index in [2.05, 4.69) is 155 Å². The molecule has 0 aliphatic heterocycles. The van der Waals surface area contributed by atoms with Crippen LogP contribution in [0.1, 0.15) is 0 Å². The lowest BCUT2D eigenvalue weighted by atomic mass is 10.1. The summed E-state index contributed by atoms with van der Waals surface area (Å²) in [5.74, 6) is 0.614. The van der Waals surface area contributed by atoms with Gasteiger partial charge in [-0.25, -0.2) is 9.97 Å². The highest BCUT2D eigenvalue weighted by Gasteiger charge is 2.21. The maximum Gasteiger partial charge on any atom is 0.235 e. The predicted octanol–water partition coefficient (Wildman–Crippen LogP) is 12.2. The van der Waals surface area contributed by atoms with Gasteiger partial charge in [-0.15, -0.1) is 10.2 Å². The van der Waals surface area contributed by atoms with Crippen molar-refractivity contribution >= 4 is 54.9 Å². The Kier molecular flexibility index (Phi) is 7.25. The highest BCUT2D eigenvalue weighted by Crippen LogP contribution is 2.42. The predicted molar refractivity (Wildman–Crippen MR) is 226 cm³/mol. The van der Waals surface area contributed by atoms with Crippen LogP contribution in [0.15, 0.2) is 182 Å². The fraction of sp³-hybridized carbons (Fsp3) is 0. The van der Waals surface area contributed by atoms with Crippen molar-refractivity contribution < 1.29 is 0 Å². The first kappa shape index (κ1) is 31.3. The van der Waals surface area contributed by atoms with Gasteiger partial charge in [-0.2, -0.15) is 0 Å². The van der Waals surface area contributed by atoms with E-state index in [1.54, 1.807) is 11.3 Å². The lowest BCUT2D eigenvalue weighted by molar-refractivity contribution is 0.995. The summed E-state index contributed by atoms with van der Waals surface area (Å²) in [6, 6.07) is 63.3. The molecule has 7 aromatic carbocycles. The Balaban J connectivity index is 1.08. The molecule has 0 aliphatic rings. The summed E-state index contributed by atoms with van der Waals surface area (Å²) in [6.07, 6.45) is 0. The van der Waals surface area contributed by atoms with Gasteiger partial charge in [0.25, 0.3) is 0 Å². The van der Waals surface area contributed by atoms with Crippen LogP contribution in [-0.2, 0) is 0 Å². The molecule has 4 heterocycles. The minimum atomic E-state index is 0.614. The van der Waals surface area contributed by atoms with Crippen LogP contribution in [-0.4, -0.2) is 29.3 Å². The second kappa shape index (κ2) is 12.7. The molecule has 0 fully saturated rings. The molecule has 0 bridgehead atoms. The molecule has 0 radical (unpaired) electrons. The van der Waals surface area contributed by atoms with Crippen molar-refractivity contribution in [3.63, 3.8) is 0 Å². The van der Waals surface area contributed by atoms with Gasteiger partial charge in [0, 0.05) is 49.5 Å². The fourth-order valence-electron chi connectivity index (χ4n) is 7.87. The van der Waals surface area contributed by atoms with Crippen LogP contribution in [0.3, 0.4) is 0 Å². The molecule has 258 valence electrons. The van der Waals surface area contributed by atoms with Crippen LogP contribution in [0.4, 0.5) is 0 Å². The molecular formula is C48H30N6S. The first-order valence-corrected chi connectivity index (χ1v) is 19.1. The molecule has 0 aliphatic carbocycles. The molecule has 0 amide bonds. The van der Waals surface area contributed by atoms with Crippen molar-refractivity contribution in [2.45, 2.75) is 0 Å². The zero-order valence-corrected chi connectivity index (χ0v) is 30.2. The van der Waals surface area contributed by atoms with Crippen molar-refractivity contribution in [2.24, 2.45) is 0 Å². The van der Waals surface area contributed by atoms with Crippen LogP contribution in [0.2, 0.25) is 0 Å². The van der Waals surface area contributed by atoms with Gasteiger partial charge in [0.1, 0.15) is 10.0 Å². The Hall–Kier alpha value is -7.22. The molecule has 0 saturated heterocycles. The number of para-hydroxylation sites is 3. The molecule has 55 heavy (non-hydrogen) atoms. The molecule has 4 aromatic heterocycles. The van der Waals surface area contributed by atoms with E-state index >= 15 is 0 Å². The minimum absolute atomic E-state index is 0.614. The number of hydrogen-bond acceptors (Lipinski definition) is 5. The number of benzene rings is 7. The average Bonchev–Trinajstić information content (AvgIpc) is 3.97. The Morgan fingerprint density at radius 1 is 0.382 bits per heavy atom. The third-order valence-corrected chi connectivity index (χ3v) is 11.3. The van der Waals surface area contributed by atoms with E-state index in [-0.39, 0.29) is 0 Å². The van der Waals surface area contributed by atoms with Crippen LogP contribution >= 0.6 is 11.3 Å². The molecule has 0 spiro atoms. The van der Waals surface area contributed by atoms with Crippen LogP contribution in [0.5, 0.6) is 0 Å². The number of aromatic nitrogens is 6. The van der Waals surface area contributed by atoms with Gasteiger partial charge in [-0.3, -0.25) is 4.57 Å². The molecule has 0 atom stereocenters. The molecule has 11 rings (SSSR count). The zero-order valence-electron chi connectivity index (χ0n) is 29.4. The van der Waals surface area contributed by atoms with E-state index in [9.17, 15) is 0 Å². The van der Waals surface area contributed by atoms with Gasteiger partial charge < -0.3 is 4.57 Å². The quantitative estimate of drug-likeness (QED) is 0.171. The van der Waals surface area contributed by atoms with Crippen LogP contribution < -0.4 is 0 Å². The average molecular weight is 723 g/mol. The minimum Gasteiger partial charge on any atom is -0.309 e. The summed E-state index contributed by atoms with van der Waals surface area (Å²) >= 11 is 1.61. The van der Waals surface area contributed by atoms with Gasteiger partial charge in [0.05, 0.1) is 33.5 Å². The first-order valence-electron chi connectivity index (χ1n) is 18.2. The molecule has 6 nitrogen and oxygen atoms in total. The van der Waals surface area contributed by atoms with Crippen LogP contribution in [0.25, 0.3) is 98.9 Å². The van der Waals surface area contributed by atoms with Crippen molar-refractivity contribution in [2.75, 3.05) is 0 Å². The van der Waals surface area contributed by atoms with E-state index in [4.69, 9.17) is 20.2 Å². The largest absolute Gasteiger partial charge is 0.309 e. The summed E-state index contributed by atoms with van der Waals surface area (Å²) in [5.41, 5.74) is 11.3. The lowest BCUT2D eigenvalue weighted by Crippen LogP contribution is -2.04. The summed E-state index contributed by atoms with van der Waals surface area (Å²) in [5, 5.41) is 16.0. The van der Waals surface area contributed by atoms with Crippen molar-refractivity contribution in [3.05, 3.63) is 182 Å². The second-order valence-corrected chi connectivity index (χ2v) is 14.5. The van der Waals surface area contributed by atoms with Gasteiger partial charge >= 0.3 is 0 Å². The smallest absolute Gasteiger partial charge is 0.235 e. The Bertz CT molecular complexity index is 3140. The third kappa shape index (κ3) is 5.16. The molecule has 11 aromatic rings. The van der Waals surface area contributed by atoms with Gasteiger partial charge in [-0.05, 0) is 42.5 Å². The summed E-state index contributed by atoms with van der Waals surface area (Å²) in [7, 11) is 0. The first-order chi connectivity index (χ1) is 27.3. The highest BCUT2D eigenvalue weighted by molar-refractivity contribution is 7.18. The van der Waals surface area contributed by atoms with Crippen molar-refractivity contribution in [3.8, 4) is 55.3 Å². The number of fused-ring (bicyclic) bond motifs is 6. The monoisotopic (exact) mass is 722 g/mol.